The first-order valence-corrected chi connectivity index (χ1v) is 10.8. The molecule has 1 aliphatic heterocycles. The van der Waals surface area contributed by atoms with Gasteiger partial charge in [-0.3, -0.25) is 19.3 Å². The largest absolute Gasteiger partial charge is 0.349 e. The van der Waals surface area contributed by atoms with Gasteiger partial charge in [-0.15, -0.1) is 0 Å². The number of aromatic nitrogens is 1. The van der Waals surface area contributed by atoms with Crippen molar-refractivity contribution in [2.24, 2.45) is 0 Å². The molecule has 0 atom stereocenters. The predicted molar refractivity (Wildman–Crippen MR) is 121 cm³/mol. The summed E-state index contributed by atoms with van der Waals surface area (Å²) < 4.78 is 15.7. The maximum Gasteiger partial charge on any atom is 0.293 e. The summed E-state index contributed by atoms with van der Waals surface area (Å²) in [7, 11) is 0. The SMILES string of the molecule is O=C(NCCN1C(=O)SC(=Cc2ccccc2F)C1=O)c1cccn1Cc1ccccc1. The van der Waals surface area contributed by atoms with Crippen LogP contribution in [0.4, 0.5) is 9.18 Å². The minimum Gasteiger partial charge on any atom is -0.349 e. The summed E-state index contributed by atoms with van der Waals surface area (Å²) in [5, 5.41) is 2.31. The van der Waals surface area contributed by atoms with E-state index in [-0.39, 0.29) is 29.5 Å². The van der Waals surface area contributed by atoms with E-state index in [1.165, 1.54) is 18.2 Å². The average molecular weight is 450 g/mol. The predicted octanol–water partition coefficient (Wildman–Crippen LogP) is 4.14. The van der Waals surface area contributed by atoms with Crippen LogP contribution in [0.5, 0.6) is 0 Å². The highest BCUT2D eigenvalue weighted by molar-refractivity contribution is 8.18. The van der Waals surface area contributed by atoms with Crippen LogP contribution in [-0.2, 0) is 11.3 Å². The minimum absolute atomic E-state index is 0.0322. The van der Waals surface area contributed by atoms with E-state index in [0.717, 1.165) is 22.2 Å². The summed E-state index contributed by atoms with van der Waals surface area (Å²) in [4.78, 5) is 38.6. The summed E-state index contributed by atoms with van der Waals surface area (Å²) in [5.41, 5.74) is 1.80. The second kappa shape index (κ2) is 9.65. The Labute approximate surface area is 188 Å². The second-order valence-electron chi connectivity index (χ2n) is 7.12. The van der Waals surface area contributed by atoms with Crippen LogP contribution in [0.2, 0.25) is 0 Å². The molecule has 8 heteroatoms. The van der Waals surface area contributed by atoms with E-state index < -0.39 is 17.0 Å². The van der Waals surface area contributed by atoms with Crippen LogP contribution < -0.4 is 5.32 Å². The van der Waals surface area contributed by atoms with Crippen molar-refractivity contribution in [2.45, 2.75) is 6.54 Å². The number of halogens is 1. The van der Waals surface area contributed by atoms with Crippen molar-refractivity contribution in [2.75, 3.05) is 13.1 Å². The van der Waals surface area contributed by atoms with E-state index >= 15 is 0 Å². The van der Waals surface area contributed by atoms with E-state index in [9.17, 15) is 18.8 Å². The zero-order valence-electron chi connectivity index (χ0n) is 17.0. The number of nitrogens with one attached hydrogen (secondary N) is 1. The van der Waals surface area contributed by atoms with Crippen molar-refractivity contribution in [3.63, 3.8) is 0 Å². The number of thioether (sulfide) groups is 1. The fourth-order valence-corrected chi connectivity index (χ4v) is 4.19. The van der Waals surface area contributed by atoms with E-state index in [4.69, 9.17) is 0 Å². The highest BCUT2D eigenvalue weighted by Crippen LogP contribution is 2.32. The molecule has 3 amide bonds. The van der Waals surface area contributed by atoms with Crippen molar-refractivity contribution in [1.82, 2.24) is 14.8 Å². The Morgan fingerprint density at radius 3 is 2.53 bits per heavy atom. The Balaban J connectivity index is 1.35. The Hall–Kier alpha value is -3.65. The monoisotopic (exact) mass is 449 g/mol. The van der Waals surface area contributed by atoms with Gasteiger partial charge in [0.1, 0.15) is 11.5 Å². The standard InChI is InChI=1S/C24H20FN3O3S/c25-19-10-5-4-9-18(19)15-21-23(30)28(24(31)32-21)14-12-26-22(29)20-11-6-13-27(20)16-17-7-2-1-3-8-17/h1-11,13,15H,12,14,16H2,(H,26,29). The van der Waals surface area contributed by atoms with Gasteiger partial charge in [-0.25, -0.2) is 4.39 Å². The molecule has 1 N–H and O–H groups in total. The first-order valence-electron chi connectivity index (χ1n) is 10.00. The smallest absolute Gasteiger partial charge is 0.293 e. The number of hydrogen-bond donors (Lipinski definition) is 1. The molecule has 0 unspecified atom stereocenters. The van der Waals surface area contributed by atoms with Gasteiger partial charge in [-0.1, -0.05) is 48.5 Å². The van der Waals surface area contributed by atoms with Gasteiger partial charge >= 0.3 is 0 Å². The molecule has 2 aromatic carbocycles. The molecule has 0 aliphatic carbocycles. The zero-order chi connectivity index (χ0) is 22.5. The topological polar surface area (TPSA) is 71.4 Å². The third-order valence-corrected chi connectivity index (χ3v) is 5.85. The average Bonchev–Trinajstić information content (AvgIpc) is 3.35. The Bertz CT molecular complexity index is 1190. The lowest BCUT2D eigenvalue weighted by Crippen LogP contribution is -2.37. The van der Waals surface area contributed by atoms with Crippen molar-refractivity contribution in [3.8, 4) is 0 Å². The van der Waals surface area contributed by atoms with Crippen molar-refractivity contribution < 1.29 is 18.8 Å². The molecule has 3 aromatic rings. The van der Waals surface area contributed by atoms with Crippen molar-refractivity contribution in [3.05, 3.63) is 100 Å². The van der Waals surface area contributed by atoms with Crippen LogP contribution in [0.25, 0.3) is 6.08 Å². The summed E-state index contributed by atoms with van der Waals surface area (Å²) in [6, 6.07) is 19.3. The molecule has 1 saturated heterocycles. The van der Waals surface area contributed by atoms with Gasteiger partial charge in [0.15, 0.2) is 0 Å². The lowest BCUT2D eigenvalue weighted by Gasteiger charge is -2.14. The molecule has 4 rings (SSSR count). The number of rotatable bonds is 7. The maximum atomic E-state index is 13.8. The highest BCUT2D eigenvalue weighted by Gasteiger charge is 2.34. The summed E-state index contributed by atoms with van der Waals surface area (Å²) in [5.74, 6) is -1.25. The van der Waals surface area contributed by atoms with E-state index in [1.807, 2.05) is 41.1 Å². The van der Waals surface area contributed by atoms with Gasteiger partial charge in [0.05, 0.1) is 4.91 Å². The molecule has 0 bridgehead atoms. The Morgan fingerprint density at radius 2 is 1.75 bits per heavy atom. The van der Waals surface area contributed by atoms with Crippen LogP contribution in [0.1, 0.15) is 21.6 Å². The van der Waals surface area contributed by atoms with Gasteiger partial charge in [-0.2, -0.15) is 0 Å². The molecule has 6 nitrogen and oxygen atoms in total. The summed E-state index contributed by atoms with van der Waals surface area (Å²) >= 11 is 0.761. The van der Waals surface area contributed by atoms with Gasteiger partial charge < -0.3 is 9.88 Å². The minimum atomic E-state index is -0.495. The number of imide groups is 1. The second-order valence-corrected chi connectivity index (χ2v) is 8.11. The van der Waals surface area contributed by atoms with Crippen LogP contribution in [0.15, 0.2) is 77.8 Å². The molecule has 32 heavy (non-hydrogen) atoms. The first kappa shape index (κ1) is 21.6. The van der Waals surface area contributed by atoms with Crippen LogP contribution in [-0.4, -0.2) is 39.6 Å². The molecule has 2 heterocycles. The van der Waals surface area contributed by atoms with Gasteiger partial charge in [0.25, 0.3) is 17.1 Å². The summed E-state index contributed by atoms with van der Waals surface area (Å²) in [6.07, 6.45) is 3.20. The van der Waals surface area contributed by atoms with Crippen LogP contribution in [0, 0.1) is 5.82 Å². The third kappa shape index (κ3) is 4.81. The number of hydrogen-bond acceptors (Lipinski definition) is 4. The lowest BCUT2D eigenvalue weighted by molar-refractivity contribution is -0.122. The molecule has 1 fully saturated rings. The molecule has 0 saturated carbocycles. The molecular formula is C24H20FN3O3S. The molecule has 1 aliphatic rings. The van der Waals surface area contributed by atoms with Crippen LogP contribution >= 0.6 is 11.8 Å². The first-order chi connectivity index (χ1) is 15.5. The normalized spacial score (nSPS) is 14.9. The molecule has 1 aromatic heterocycles. The number of benzene rings is 2. The Morgan fingerprint density at radius 1 is 1.00 bits per heavy atom. The third-order valence-electron chi connectivity index (χ3n) is 4.94. The lowest BCUT2D eigenvalue weighted by atomic mass is 10.2. The number of amides is 3. The highest BCUT2D eigenvalue weighted by atomic mass is 32.2. The summed E-state index contributed by atoms with van der Waals surface area (Å²) in [6.45, 7) is 0.700. The van der Waals surface area contributed by atoms with Crippen LogP contribution in [0.3, 0.4) is 0 Å². The van der Waals surface area contributed by atoms with E-state index in [0.29, 0.717) is 12.2 Å². The quantitative estimate of drug-likeness (QED) is 0.551. The Kier molecular flexibility index (Phi) is 6.51. The van der Waals surface area contributed by atoms with E-state index in [1.54, 1.807) is 24.3 Å². The van der Waals surface area contributed by atoms with Gasteiger partial charge in [-0.05, 0) is 41.6 Å². The number of carbonyl (C=O) groups is 3. The number of carbonyl (C=O) groups excluding carboxylic acids is 3. The molecule has 0 spiro atoms. The van der Waals surface area contributed by atoms with Gasteiger partial charge in [0, 0.05) is 31.4 Å². The van der Waals surface area contributed by atoms with Crippen molar-refractivity contribution in [1.29, 1.82) is 0 Å². The molecule has 162 valence electrons. The van der Waals surface area contributed by atoms with E-state index in [2.05, 4.69) is 5.32 Å². The molecule has 0 radical (unpaired) electrons. The fourth-order valence-electron chi connectivity index (χ4n) is 3.34. The van der Waals surface area contributed by atoms with Gasteiger partial charge in [0.2, 0.25) is 0 Å². The zero-order valence-corrected chi connectivity index (χ0v) is 17.8. The molecular weight excluding hydrogens is 429 g/mol. The number of nitrogens with zero attached hydrogens (tertiary/aromatic N) is 2. The van der Waals surface area contributed by atoms with Crippen molar-refractivity contribution >= 4 is 34.9 Å². The fraction of sp³-hybridized carbons (Fsp3) is 0.125. The maximum absolute atomic E-state index is 13.8.